The zero-order chi connectivity index (χ0) is 10.3. The van der Waals surface area contributed by atoms with E-state index in [2.05, 4.69) is 0 Å². The average Bonchev–Trinajstić information content (AvgIpc) is 2.64. The van der Waals surface area contributed by atoms with Crippen LogP contribution in [0.5, 0.6) is 5.75 Å². The molecule has 2 aromatic rings. The van der Waals surface area contributed by atoms with Gasteiger partial charge in [0.2, 0.25) is 0 Å². The van der Waals surface area contributed by atoms with E-state index in [0.29, 0.717) is 0 Å². The molecule has 0 unspecified atom stereocenters. The summed E-state index contributed by atoms with van der Waals surface area (Å²) in [5, 5.41) is 1.06. The monoisotopic (exact) mass is 223 g/mol. The number of furan rings is 1. The quantitative estimate of drug-likeness (QED) is 0.732. The van der Waals surface area contributed by atoms with Gasteiger partial charge in [0.1, 0.15) is 6.10 Å². The molecule has 0 bridgehead atoms. The minimum Gasteiger partial charge on any atom is -0.484 e. The molecule has 0 atom stereocenters. The Labute approximate surface area is 92.3 Å². The van der Waals surface area contributed by atoms with Gasteiger partial charge in [-0.25, -0.2) is 4.42 Å². The summed E-state index contributed by atoms with van der Waals surface area (Å²) < 4.78 is 12.8. The van der Waals surface area contributed by atoms with E-state index in [1.165, 1.54) is 0 Å². The predicted molar refractivity (Wildman–Crippen MR) is 58.1 cm³/mol. The van der Waals surface area contributed by atoms with E-state index >= 15 is 0 Å². The van der Waals surface area contributed by atoms with Crippen LogP contribution >= 0.6 is 11.8 Å². The average molecular weight is 224 g/mol. The maximum atomic E-state index is 5.77. The second-order valence-corrected chi connectivity index (χ2v) is 4.14. The van der Waals surface area contributed by atoms with E-state index in [1.807, 2.05) is 24.3 Å². The number of nitrogens with zero attached hydrogens (tertiary/aromatic N) is 1. The van der Waals surface area contributed by atoms with E-state index in [0.717, 1.165) is 29.8 Å². The molecule has 3 nitrogen and oxygen atoms in total. The zero-order valence-electron chi connectivity index (χ0n) is 8.02. The molecular formula is C11H10ClNO2. The van der Waals surface area contributed by atoms with Crippen LogP contribution in [0.15, 0.2) is 34.9 Å². The zero-order valence-corrected chi connectivity index (χ0v) is 8.78. The topological polar surface area (TPSA) is 25.6 Å². The Kier molecular flexibility index (Phi) is 2.08. The van der Waals surface area contributed by atoms with Crippen molar-refractivity contribution in [1.82, 2.24) is 4.42 Å². The van der Waals surface area contributed by atoms with Crippen LogP contribution in [0.25, 0.3) is 11.0 Å². The van der Waals surface area contributed by atoms with Gasteiger partial charge in [-0.2, -0.15) is 0 Å². The fourth-order valence-electron chi connectivity index (χ4n) is 1.70. The molecule has 1 aromatic carbocycles. The lowest BCUT2D eigenvalue weighted by Crippen LogP contribution is -2.48. The highest BCUT2D eigenvalue weighted by molar-refractivity contribution is 6.13. The van der Waals surface area contributed by atoms with E-state index in [9.17, 15) is 0 Å². The van der Waals surface area contributed by atoms with Gasteiger partial charge < -0.3 is 9.15 Å². The first-order valence-corrected chi connectivity index (χ1v) is 5.20. The molecule has 1 fully saturated rings. The van der Waals surface area contributed by atoms with Crippen molar-refractivity contribution in [2.75, 3.05) is 13.1 Å². The van der Waals surface area contributed by atoms with Gasteiger partial charge >= 0.3 is 0 Å². The van der Waals surface area contributed by atoms with Gasteiger partial charge in [0.15, 0.2) is 11.3 Å². The fraction of sp³-hybridized carbons (Fsp3) is 0.273. The number of hydrogen-bond acceptors (Lipinski definition) is 3. The summed E-state index contributed by atoms with van der Waals surface area (Å²) in [5.74, 6) is 0.798. The normalized spacial score (nSPS) is 17.9. The molecule has 1 aliphatic rings. The smallest absolute Gasteiger partial charge is 0.175 e. The second kappa shape index (κ2) is 3.43. The van der Waals surface area contributed by atoms with Crippen molar-refractivity contribution in [2.24, 2.45) is 0 Å². The minimum absolute atomic E-state index is 0.179. The summed E-state index contributed by atoms with van der Waals surface area (Å²) >= 11 is 5.74. The first kappa shape index (κ1) is 9.07. The standard InChI is InChI=1S/C11H10ClNO2/c12-13-6-9(7-13)15-10-3-1-2-8-4-5-14-11(8)10/h1-5,9H,6-7H2. The Morgan fingerprint density at radius 1 is 1.33 bits per heavy atom. The van der Waals surface area contributed by atoms with Crippen molar-refractivity contribution in [3.63, 3.8) is 0 Å². The Hall–Kier alpha value is -1.19. The van der Waals surface area contributed by atoms with Gasteiger partial charge in [-0.3, -0.25) is 0 Å². The van der Waals surface area contributed by atoms with Crippen molar-refractivity contribution in [3.05, 3.63) is 30.5 Å². The number of hydrogen-bond donors (Lipinski definition) is 0. The molecule has 0 N–H and O–H groups in total. The highest BCUT2D eigenvalue weighted by Crippen LogP contribution is 2.28. The van der Waals surface area contributed by atoms with Gasteiger partial charge in [0, 0.05) is 5.39 Å². The number of para-hydroxylation sites is 1. The number of fused-ring (bicyclic) bond motifs is 1. The predicted octanol–water partition coefficient (Wildman–Crippen LogP) is 2.65. The van der Waals surface area contributed by atoms with Gasteiger partial charge in [0.25, 0.3) is 0 Å². The number of halogens is 1. The van der Waals surface area contributed by atoms with Crippen molar-refractivity contribution in [2.45, 2.75) is 6.10 Å². The molecule has 1 saturated heterocycles. The van der Waals surface area contributed by atoms with Crippen LogP contribution in [-0.4, -0.2) is 23.6 Å². The Morgan fingerprint density at radius 3 is 3.00 bits per heavy atom. The van der Waals surface area contributed by atoms with E-state index in [-0.39, 0.29) is 6.10 Å². The van der Waals surface area contributed by atoms with Gasteiger partial charge in [-0.15, -0.1) is 0 Å². The van der Waals surface area contributed by atoms with Crippen LogP contribution in [0, 0.1) is 0 Å². The second-order valence-electron chi connectivity index (χ2n) is 3.66. The molecule has 0 saturated carbocycles. The molecule has 1 aromatic heterocycles. The van der Waals surface area contributed by atoms with Crippen LogP contribution in [-0.2, 0) is 0 Å². The third-order valence-corrected chi connectivity index (χ3v) is 2.82. The molecule has 15 heavy (non-hydrogen) atoms. The van der Waals surface area contributed by atoms with Gasteiger partial charge in [-0.1, -0.05) is 12.1 Å². The molecular weight excluding hydrogens is 214 g/mol. The van der Waals surface area contributed by atoms with Crippen molar-refractivity contribution in [1.29, 1.82) is 0 Å². The third kappa shape index (κ3) is 1.58. The highest BCUT2D eigenvalue weighted by Gasteiger charge is 2.27. The first-order valence-electron chi connectivity index (χ1n) is 4.86. The van der Waals surface area contributed by atoms with Crippen molar-refractivity contribution >= 4 is 22.7 Å². The molecule has 0 amide bonds. The molecule has 0 aliphatic carbocycles. The summed E-state index contributed by atoms with van der Waals surface area (Å²) in [6.07, 6.45) is 1.85. The molecule has 4 heteroatoms. The largest absolute Gasteiger partial charge is 0.484 e. The Bertz CT molecular complexity index is 476. The molecule has 2 heterocycles. The van der Waals surface area contributed by atoms with E-state index in [4.69, 9.17) is 20.9 Å². The molecule has 0 radical (unpaired) electrons. The molecule has 3 rings (SSSR count). The Morgan fingerprint density at radius 2 is 2.20 bits per heavy atom. The molecule has 1 aliphatic heterocycles. The number of benzene rings is 1. The highest BCUT2D eigenvalue weighted by atomic mass is 35.5. The minimum atomic E-state index is 0.179. The van der Waals surface area contributed by atoms with E-state index in [1.54, 1.807) is 10.7 Å². The SMILES string of the molecule is ClN1CC(Oc2cccc3ccoc23)C1. The summed E-state index contributed by atoms with van der Waals surface area (Å²) in [7, 11) is 0. The van der Waals surface area contributed by atoms with Gasteiger partial charge in [-0.05, 0) is 23.9 Å². The first-order chi connectivity index (χ1) is 7.33. The lowest BCUT2D eigenvalue weighted by atomic mass is 10.2. The lowest BCUT2D eigenvalue weighted by molar-refractivity contribution is 0.0788. The molecule has 0 spiro atoms. The lowest BCUT2D eigenvalue weighted by Gasteiger charge is -2.33. The maximum absolute atomic E-state index is 5.77. The molecule has 78 valence electrons. The van der Waals surface area contributed by atoms with Gasteiger partial charge in [0.05, 0.1) is 19.4 Å². The Balaban J connectivity index is 1.87. The summed E-state index contributed by atoms with van der Waals surface area (Å²) in [4.78, 5) is 0. The van der Waals surface area contributed by atoms with Crippen LogP contribution in [0.3, 0.4) is 0 Å². The summed E-state index contributed by atoms with van der Waals surface area (Å²) in [6.45, 7) is 1.53. The van der Waals surface area contributed by atoms with Crippen LogP contribution < -0.4 is 4.74 Å². The van der Waals surface area contributed by atoms with Crippen LogP contribution in [0.4, 0.5) is 0 Å². The summed E-state index contributed by atoms with van der Waals surface area (Å²) in [5.41, 5.74) is 0.811. The van der Waals surface area contributed by atoms with E-state index < -0.39 is 0 Å². The fourth-order valence-corrected chi connectivity index (χ4v) is 2.01. The van der Waals surface area contributed by atoms with Crippen LogP contribution in [0.2, 0.25) is 0 Å². The summed E-state index contributed by atoms with van der Waals surface area (Å²) in [6, 6.07) is 7.81. The number of rotatable bonds is 2. The van der Waals surface area contributed by atoms with Crippen molar-refractivity contribution < 1.29 is 9.15 Å². The number of ether oxygens (including phenoxy) is 1. The van der Waals surface area contributed by atoms with Crippen LogP contribution in [0.1, 0.15) is 0 Å². The maximum Gasteiger partial charge on any atom is 0.175 e. The third-order valence-electron chi connectivity index (χ3n) is 2.54. The van der Waals surface area contributed by atoms with Crippen molar-refractivity contribution in [3.8, 4) is 5.75 Å².